The summed E-state index contributed by atoms with van der Waals surface area (Å²) in [6.07, 6.45) is 0. The van der Waals surface area contributed by atoms with Crippen molar-refractivity contribution in [1.29, 1.82) is 0 Å². The Morgan fingerprint density at radius 2 is 2.00 bits per heavy atom. The number of benzene rings is 1. The van der Waals surface area contributed by atoms with Gasteiger partial charge in [-0.1, -0.05) is 29.3 Å². The Bertz CT molecular complexity index is 469. The van der Waals surface area contributed by atoms with E-state index in [0.717, 1.165) is 10.6 Å². The number of nitrogens with zero attached hydrogens (tertiary/aromatic N) is 2. The smallest absolute Gasteiger partial charge is 0.232 e. The van der Waals surface area contributed by atoms with Gasteiger partial charge in [0.05, 0.1) is 10.0 Å². The van der Waals surface area contributed by atoms with Gasteiger partial charge in [0.1, 0.15) is 5.01 Å². The maximum atomic E-state index is 5.86. The largest absolute Gasteiger partial charge is 0.367 e. The van der Waals surface area contributed by atoms with E-state index in [2.05, 4.69) is 9.36 Å². The minimum atomic E-state index is 0.274. The van der Waals surface area contributed by atoms with Crippen LogP contribution in [0.1, 0.15) is 0 Å². The van der Waals surface area contributed by atoms with Gasteiger partial charge in [0.25, 0.3) is 0 Å². The summed E-state index contributed by atoms with van der Waals surface area (Å²) in [6.45, 7) is 0. The molecule has 0 fully saturated rings. The Hall–Kier alpha value is -0.840. The van der Waals surface area contributed by atoms with E-state index in [1.807, 2.05) is 6.07 Å². The minimum Gasteiger partial charge on any atom is -0.367 e. The number of hydrogen-bond acceptors (Lipinski definition) is 4. The van der Waals surface area contributed by atoms with Gasteiger partial charge in [-0.25, -0.2) is 0 Å². The van der Waals surface area contributed by atoms with Crippen LogP contribution in [0.4, 0.5) is 5.95 Å². The number of aromatic nitrogens is 2. The average Bonchev–Trinajstić information content (AvgIpc) is 2.57. The van der Waals surface area contributed by atoms with Crippen molar-refractivity contribution in [1.82, 2.24) is 9.36 Å². The number of anilines is 1. The van der Waals surface area contributed by atoms with Crippen LogP contribution in [0, 0.1) is 0 Å². The van der Waals surface area contributed by atoms with Crippen LogP contribution in [0.2, 0.25) is 10.0 Å². The van der Waals surface area contributed by atoms with Crippen LogP contribution in [0.25, 0.3) is 10.6 Å². The molecule has 0 aliphatic carbocycles. The van der Waals surface area contributed by atoms with Gasteiger partial charge in [0.2, 0.25) is 5.95 Å². The Kier molecular flexibility index (Phi) is 2.58. The van der Waals surface area contributed by atoms with Crippen molar-refractivity contribution in [3.63, 3.8) is 0 Å². The fourth-order valence-electron chi connectivity index (χ4n) is 0.981. The third kappa shape index (κ3) is 1.82. The van der Waals surface area contributed by atoms with E-state index in [4.69, 9.17) is 28.9 Å². The van der Waals surface area contributed by atoms with Gasteiger partial charge in [0.15, 0.2) is 0 Å². The highest BCUT2D eigenvalue weighted by atomic mass is 35.5. The molecule has 0 aliphatic rings. The summed E-state index contributed by atoms with van der Waals surface area (Å²) in [7, 11) is 0. The number of nitrogens with two attached hydrogens (primary N) is 1. The lowest BCUT2D eigenvalue weighted by Crippen LogP contribution is -1.85. The van der Waals surface area contributed by atoms with Gasteiger partial charge in [-0.2, -0.15) is 9.36 Å². The van der Waals surface area contributed by atoms with Crippen molar-refractivity contribution in [3.05, 3.63) is 28.2 Å². The van der Waals surface area contributed by atoms with Crippen molar-refractivity contribution < 1.29 is 0 Å². The number of rotatable bonds is 1. The molecule has 0 unspecified atom stereocenters. The average molecular weight is 246 g/mol. The van der Waals surface area contributed by atoms with Crippen LogP contribution < -0.4 is 5.73 Å². The molecule has 0 atom stereocenters. The molecule has 14 heavy (non-hydrogen) atoms. The van der Waals surface area contributed by atoms with Crippen LogP contribution in [0.3, 0.4) is 0 Å². The van der Waals surface area contributed by atoms with E-state index in [1.54, 1.807) is 12.1 Å². The molecule has 0 saturated heterocycles. The molecule has 3 nitrogen and oxygen atoms in total. The van der Waals surface area contributed by atoms with E-state index in [9.17, 15) is 0 Å². The van der Waals surface area contributed by atoms with E-state index < -0.39 is 0 Å². The molecule has 72 valence electrons. The summed E-state index contributed by atoms with van der Waals surface area (Å²) in [4.78, 5) is 4.04. The molecule has 0 spiro atoms. The molecular formula is C8H5Cl2N3S. The molecule has 2 rings (SSSR count). The Labute approximate surface area is 94.7 Å². The Morgan fingerprint density at radius 1 is 1.21 bits per heavy atom. The lowest BCUT2D eigenvalue weighted by atomic mass is 10.2. The van der Waals surface area contributed by atoms with Crippen molar-refractivity contribution in [2.75, 3.05) is 5.73 Å². The number of nitrogen functional groups attached to an aromatic ring is 1. The van der Waals surface area contributed by atoms with Crippen LogP contribution in [0.5, 0.6) is 0 Å². The van der Waals surface area contributed by atoms with Crippen LogP contribution in [-0.2, 0) is 0 Å². The van der Waals surface area contributed by atoms with E-state index >= 15 is 0 Å². The second-order valence-electron chi connectivity index (χ2n) is 2.59. The van der Waals surface area contributed by atoms with Gasteiger partial charge in [0, 0.05) is 5.56 Å². The zero-order valence-corrected chi connectivity index (χ0v) is 9.20. The maximum Gasteiger partial charge on any atom is 0.232 e. The van der Waals surface area contributed by atoms with Gasteiger partial charge in [-0.3, -0.25) is 0 Å². The zero-order chi connectivity index (χ0) is 10.1. The molecule has 0 saturated carbocycles. The highest BCUT2D eigenvalue weighted by Gasteiger charge is 2.06. The molecule has 1 aromatic carbocycles. The fraction of sp³-hybridized carbons (Fsp3) is 0. The topological polar surface area (TPSA) is 51.8 Å². The van der Waals surface area contributed by atoms with Crippen molar-refractivity contribution in [3.8, 4) is 10.6 Å². The van der Waals surface area contributed by atoms with Crippen LogP contribution in [-0.4, -0.2) is 9.36 Å². The third-order valence-electron chi connectivity index (χ3n) is 1.61. The van der Waals surface area contributed by atoms with Gasteiger partial charge in [-0.05, 0) is 23.7 Å². The first-order valence-corrected chi connectivity index (χ1v) is 5.24. The van der Waals surface area contributed by atoms with Gasteiger partial charge in [-0.15, -0.1) is 0 Å². The second-order valence-corrected chi connectivity index (χ2v) is 4.15. The molecule has 0 aliphatic heterocycles. The van der Waals surface area contributed by atoms with E-state index in [0.29, 0.717) is 10.0 Å². The molecule has 2 N–H and O–H groups in total. The quantitative estimate of drug-likeness (QED) is 0.841. The predicted octanol–water partition coefficient (Wildman–Crippen LogP) is 3.09. The molecule has 0 radical (unpaired) electrons. The molecule has 1 aromatic heterocycles. The lowest BCUT2D eigenvalue weighted by Gasteiger charge is -1.97. The highest BCUT2D eigenvalue weighted by Crippen LogP contribution is 2.29. The van der Waals surface area contributed by atoms with E-state index in [1.165, 1.54) is 11.5 Å². The Morgan fingerprint density at radius 3 is 2.57 bits per heavy atom. The summed E-state index contributed by atoms with van der Waals surface area (Å²) in [6, 6.07) is 5.29. The maximum absolute atomic E-state index is 5.86. The monoisotopic (exact) mass is 245 g/mol. The number of halogens is 2. The fourth-order valence-corrected chi connectivity index (χ4v) is 1.87. The van der Waals surface area contributed by atoms with Gasteiger partial charge >= 0.3 is 0 Å². The molecule has 2 aromatic rings. The third-order valence-corrected chi connectivity index (χ3v) is 3.13. The zero-order valence-electron chi connectivity index (χ0n) is 6.87. The summed E-state index contributed by atoms with van der Waals surface area (Å²) < 4.78 is 3.88. The van der Waals surface area contributed by atoms with Crippen molar-refractivity contribution in [2.24, 2.45) is 0 Å². The van der Waals surface area contributed by atoms with Crippen molar-refractivity contribution in [2.45, 2.75) is 0 Å². The normalized spacial score (nSPS) is 10.4. The first-order chi connectivity index (χ1) is 6.66. The molecular weight excluding hydrogens is 241 g/mol. The number of hydrogen-bond donors (Lipinski definition) is 1. The minimum absolute atomic E-state index is 0.274. The van der Waals surface area contributed by atoms with Crippen LogP contribution in [0.15, 0.2) is 18.2 Å². The van der Waals surface area contributed by atoms with Crippen molar-refractivity contribution >= 4 is 40.7 Å². The molecule has 6 heteroatoms. The first-order valence-electron chi connectivity index (χ1n) is 3.71. The molecule has 0 bridgehead atoms. The summed E-state index contributed by atoms with van der Waals surface area (Å²) >= 11 is 12.9. The summed E-state index contributed by atoms with van der Waals surface area (Å²) in [5.74, 6) is 0.274. The van der Waals surface area contributed by atoms with Gasteiger partial charge < -0.3 is 5.73 Å². The molecule has 1 heterocycles. The SMILES string of the molecule is Nc1nsc(-c2ccc(Cl)c(Cl)c2)n1. The first kappa shape index (κ1) is 9.71. The Balaban J connectivity index is 2.47. The second kappa shape index (κ2) is 3.73. The summed E-state index contributed by atoms with van der Waals surface area (Å²) in [5, 5.41) is 1.76. The summed E-state index contributed by atoms with van der Waals surface area (Å²) in [5.41, 5.74) is 6.28. The lowest BCUT2D eigenvalue weighted by molar-refractivity contribution is 1.34. The standard InChI is InChI=1S/C8H5Cl2N3S/c9-5-2-1-4(3-6(5)10)7-12-8(11)13-14-7/h1-3H,(H2,11,13). The highest BCUT2D eigenvalue weighted by molar-refractivity contribution is 7.09. The predicted molar refractivity (Wildman–Crippen MR) is 59.8 cm³/mol. The van der Waals surface area contributed by atoms with E-state index in [-0.39, 0.29) is 5.95 Å². The molecule has 0 amide bonds. The van der Waals surface area contributed by atoms with Crippen LogP contribution >= 0.6 is 34.7 Å².